The Morgan fingerprint density at radius 2 is 1.33 bits per heavy atom. The predicted molar refractivity (Wildman–Crippen MR) is 244 cm³/mol. The van der Waals surface area contributed by atoms with Gasteiger partial charge in [0.25, 0.3) is 0 Å². The van der Waals surface area contributed by atoms with Crippen molar-refractivity contribution in [2.45, 2.75) is 197 Å². The van der Waals surface area contributed by atoms with Crippen molar-refractivity contribution in [2.24, 2.45) is 44.3 Å². The Bertz CT molecular complexity index is 2180. The molecule has 8 rings (SSSR count). The average molecular weight is 1050 g/mol. The van der Waals surface area contributed by atoms with Gasteiger partial charge in [-0.15, -0.1) is 0 Å². The summed E-state index contributed by atoms with van der Waals surface area (Å²) < 4.78 is 73.9. The number of allylic oxidation sites excluding steroid dienone is 3. The van der Waals surface area contributed by atoms with Crippen molar-refractivity contribution in [3.63, 3.8) is 0 Å². The first-order valence-electron chi connectivity index (χ1n) is 25.0. The van der Waals surface area contributed by atoms with E-state index in [-0.39, 0.29) is 31.3 Å². The van der Waals surface area contributed by atoms with Gasteiger partial charge in [0.1, 0.15) is 72.6 Å². The highest BCUT2D eigenvalue weighted by Crippen LogP contribution is 2.74. The second-order valence-corrected chi connectivity index (χ2v) is 24.4. The lowest BCUT2D eigenvalue weighted by Gasteiger charge is -2.70. The number of ether oxygens (including phenoxy) is 6. The molecule has 412 valence electrons. The number of hydrogen-bond acceptors (Lipinski definition) is 21. The molecule has 0 aromatic rings. The van der Waals surface area contributed by atoms with Crippen molar-refractivity contribution < 1.29 is 112 Å². The van der Waals surface area contributed by atoms with E-state index in [0.717, 1.165) is 5.57 Å². The third kappa shape index (κ3) is 8.87. The van der Waals surface area contributed by atoms with Crippen LogP contribution in [0, 0.1) is 44.3 Å². The SMILES string of the molecule is CC1OC(OC2CCC3(C)C(CCC4(C)C3C=CC3=C5CC(C)(CO)CCC5(C(=O)O)C(O)CC34C)C2(C)CO)C(OC2OC(CO)C(O)C(O)C2O)C(OC2OC(CO)C(OS(=O)(=O)O)C(O)C2O)C1O. The maximum absolute atomic E-state index is 13.2. The Kier molecular flexibility index (Phi) is 15.5. The molecule has 0 spiro atoms. The van der Waals surface area contributed by atoms with Crippen LogP contribution >= 0.6 is 0 Å². The van der Waals surface area contributed by atoms with Crippen LogP contribution in [-0.2, 0) is 47.8 Å². The van der Waals surface area contributed by atoms with Gasteiger partial charge in [0, 0.05) is 17.4 Å². The summed E-state index contributed by atoms with van der Waals surface area (Å²) in [5.41, 5.74) is -3.27. The van der Waals surface area contributed by atoms with Gasteiger partial charge in [-0.25, -0.2) is 4.18 Å². The summed E-state index contributed by atoms with van der Waals surface area (Å²) in [4.78, 5) is 13.2. The first-order chi connectivity index (χ1) is 33.5. The van der Waals surface area contributed by atoms with Crippen LogP contribution in [0.2, 0.25) is 0 Å². The molecule has 25 unspecified atom stereocenters. The van der Waals surface area contributed by atoms with Gasteiger partial charge in [-0.05, 0) is 97.5 Å². The molecule has 3 saturated carbocycles. The molecule has 0 aromatic carbocycles. The normalized spacial score (nSPS) is 52.7. The van der Waals surface area contributed by atoms with Gasteiger partial charge >= 0.3 is 16.4 Å². The van der Waals surface area contributed by atoms with Crippen molar-refractivity contribution in [1.82, 2.24) is 0 Å². The number of aliphatic hydroxyl groups is 11. The Balaban J connectivity index is 1.12. The monoisotopic (exact) mass is 1050 g/mol. The molecule has 5 aliphatic carbocycles. The number of carboxylic acids is 1. The van der Waals surface area contributed by atoms with E-state index in [9.17, 15) is 79.0 Å². The zero-order valence-corrected chi connectivity index (χ0v) is 42.2. The van der Waals surface area contributed by atoms with Crippen LogP contribution in [0.4, 0.5) is 0 Å². The van der Waals surface area contributed by atoms with E-state index in [1.54, 1.807) is 0 Å². The number of carbonyl (C=O) groups is 1. The minimum atomic E-state index is -5.25. The zero-order valence-electron chi connectivity index (χ0n) is 41.4. The van der Waals surface area contributed by atoms with Crippen LogP contribution in [0.1, 0.15) is 92.9 Å². The fourth-order valence-corrected chi connectivity index (χ4v) is 15.3. The van der Waals surface area contributed by atoms with Gasteiger partial charge in [-0.3, -0.25) is 9.35 Å². The summed E-state index contributed by atoms with van der Waals surface area (Å²) in [6.45, 7) is 9.40. The summed E-state index contributed by atoms with van der Waals surface area (Å²) in [7, 11) is -5.25. The lowest BCUT2D eigenvalue weighted by atomic mass is 9.35. The minimum Gasteiger partial charge on any atom is -0.481 e. The highest BCUT2D eigenvalue weighted by molar-refractivity contribution is 7.80. The highest BCUT2D eigenvalue weighted by atomic mass is 32.3. The molecule has 3 heterocycles. The fourth-order valence-electron chi connectivity index (χ4n) is 14.8. The number of aliphatic carboxylic acids is 1. The van der Waals surface area contributed by atoms with E-state index in [1.807, 2.05) is 19.9 Å². The van der Waals surface area contributed by atoms with E-state index in [0.29, 0.717) is 44.1 Å². The summed E-state index contributed by atoms with van der Waals surface area (Å²) in [6, 6.07) is 0. The Labute approximate surface area is 418 Å². The second kappa shape index (κ2) is 19.9. The maximum Gasteiger partial charge on any atom is 0.397 e. The first kappa shape index (κ1) is 56.3. The van der Waals surface area contributed by atoms with Crippen LogP contribution in [0.3, 0.4) is 0 Å². The molecule has 0 aromatic heterocycles. The Morgan fingerprint density at radius 3 is 1.93 bits per heavy atom. The molecule has 13 N–H and O–H groups in total. The molecular weight excluding hydrogens is 977 g/mol. The average Bonchev–Trinajstić information content (AvgIpc) is 3.32. The summed E-state index contributed by atoms with van der Waals surface area (Å²) >= 11 is 0. The molecule has 23 nitrogen and oxygen atoms in total. The van der Waals surface area contributed by atoms with Crippen molar-refractivity contribution in [1.29, 1.82) is 0 Å². The van der Waals surface area contributed by atoms with Crippen LogP contribution in [0.15, 0.2) is 23.3 Å². The highest BCUT2D eigenvalue weighted by Gasteiger charge is 2.70. The number of rotatable bonds is 13. The van der Waals surface area contributed by atoms with Crippen molar-refractivity contribution in [2.75, 3.05) is 26.4 Å². The molecule has 72 heavy (non-hydrogen) atoms. The van der Waals surface area contributed by atoms with E-state index in [4.69, 9.17) is 28.4 Å². The first-order valence-corrected chi connectivity index (χ1v) is 26.3. The molecule has 0 amide bonds. The smallest absolute Gasteiger partial charge is 0.397 e. The molecule has 8 aliphatic rings. The Morgan fingerprint density at radius 1 is 0.708 bits per heavy atom. The van der Waals surface area contributed by atoms with Crippen LogP contribution < -0.4 is 0 Å². The van der Waals surface area contributed by atoms with Gasteiger partial charge in [0.15, 0.2) is 18.9 Å². The zero-order chi connectivity index (χ0) is 53.1. The fraction of sp³-hybridized carbons (Fsp3) is 0.896. The number of hydrogen-bond donors (Lipinski definition) is 13. The largest absolute Gasteiger partial charge is 0.481 e. The molecule has 0 bridgehead atoms. The van der Waals surface area contributed by atoms with E-state index in [1.165, 1.54) is 6.92 Å². The third-order valence-electron chi connectivity index (χ3n) is 19.3. The summed E-state index contributed by atoms with van der Waals surface area (Å²) in [6.07, 6.45) is -21.9. The van der Waals surface area contributed by atoms with Gasteiger partial charge in [0.05, 0.1) is 38.1 Å². The van der Waals surface area contributed by atoms with Crippen LogP contribution in [-0.4, -0.2) is 211 Å². The summed E-state index contributed by atoms with van der Waals surface area (Å²) in [5.74, 6) is -1.48. The molecule has 0 radical (unpaired) electrons. The minimum absolute atomic E-state index is 0.135. The topological polar surface area (TPSA) is 379 Å². The lowest BCUT2D eigenvalue weighted by molar-refractivity contribution is -0.397. The van der Waals surface area contributed by atoms with Gasteiger partial charge in [0.2, 0.25) is 0 Å². The predicted octanol–water partition coefficient (Wildman–Crippen LogP) is -1.60. The van der Waals surface area contributed by atoms with E-state index >= 15 is 0 Å². The van der Waals surface area contributed by atoms with Gasteiger partial charge in [-0.1, -0.05) is 46.8 Å². The van der Waals surface area contributed by atoms with Crippen molar-refractivity contribution in [3.05, 3.63) is 23.3 Å². The number of carboxylic acid groups (broad SMARTS) is 1. The number of fused-ring (bicyclic) bond motifs is 6. The number of aliphatic hydroxyl groups excluding tert-OH is 11. The van der Waals surface area contributed by atoms with Crippen molar-refractivity contribution >= 4 is 16.4 Å². The molecular formula is C48H76O23S. The second-order valence-electron chi connectivity index (χ2n) is 23.3. The lowest BCUT2D eigenvalue weighted by Crippen LogP contribution is -2.68. The summed E-state index contributed by atoms with van der Waals surface area (Å²) in [5, 5.41) is 132. The van der Waals surface area contributed by atoms with Crippen LogP contribution in [0.25, 0.3) is 0 Å². The van der Waals surface area contributed by atoms with E-state index < -0.39 is 173 Å². The standard InChI is InChI=1S/C48H76O23S/c1-21-30(54)37(69-40-35(59)33(57)36(25(18-50)67-40)71-72(62,63)64)38(70-39-34(58)32(56)31(55)24(17-49)66-39)41(65-21)68-29-10-11-44(3)26(45(29,4)20-52)9-12-46(5)27(44)8-7-22-23-15-43(2,19-51)13-14-48(23,42(60)61)28(53)16-47(22,46)6/h7-8,21,24-41,49-59H,9-20H2,1-6H3,(H,60,61)(H,62,63,64). The molecule has 25 atom stereocenters. The molecule has 3 saturated heterocycles. The quantitative estimate of drug-likeness (QED) is 0.0729. The van der Waals surface area contributed by atoms with E-state index in [2.05, 4.69) is 31.0 Å². The Hall–Kier alpha value is -1.86. The molecule has 24 heteroatoms. The molecule has 3 aliphatic heterocycles. The maximum atomic E-state index is 13.2. The third-order valence-corrected chi connectivity index (χ3v) is 19.8. The van der Waals surface area contributed by atoms with Crippen LogP contribution in [0.5, 0.6) is 0 Å². The van der Waals surface area contributed by atoms with Gasteiger partial charge < -0.3 is 89.7 Å². The van der Waals surface area contributed by atoms with Gasteiger partial charge in [-0.2, -0.15) is 8.42 Å². The van der Waals surface area contributed by atoms with Crippen molar-refractivity contribution in [3.8, 4) is 0 Å². The molecule has 6 fully saturated rings.